The molecule has 0 heterocycles. The van der Waals surface area contributed by atoms with E-state index < -0.39 is 24.9 Å². The topological polar surface area (TPSA) is 43.4 Å². The maximum Gasteiger partial charge on any atom is 0.416 e. The van der Waals surface area contributed by atoms with E-state index in [2.05, 4.69) is 0 Å². The highest BCUT2D eigenvalue weighted by Gasteiger charge is 2.37. The monoisotopic (exact) mass is 534 g/mol. The van der Waals surface area contributed by atoms with Gasteiger partial charge in [-0.2, -0.15) is 13.2 Å². The molecule has 0 aliphatic rings. The van der Waals surface area contributed by atoms with E-state index in [0.29, 0.717) is 27.3 Å². The minimum atomic E-state index is -4.64. The number of carbonyl (C=O) groups excluding carboxylic acids is 1. The van der Waals surface area contributed by atoms with Gasteiger partial charge in [0.25, 0.3) is 0 Å². The number of hydrogen-bond donors (Lipinski definition) is 0. The fraction of sp³-hybridized carbons (Fsp3) is 0.129. The average molecular weight is 535 g/mol. The fourth-order valence-corrected chi connectivity index (χ4v) is 7.31. The predicted octanol–water partition coefficient (Wildman–Crippen LogP) is 6.90. The molecule has 194 valence electrons. The van der Waals surface area contributed by atoms with E-state index in [9.17, 15) is 18.0 Å². The Bertz CT molecular complexity index is 1470. The Hall–Kier alpha value is -3.89. The summed E-state index contributed by atoms with van der Waals surface area (Å²) in [5, 5.41) is 0.915. The Labute approximate surface area is 220 Å². The van der Waals surface area contributed by atoms with Gasteiger partial charge >= 0.3 is 12.1 Å². The number of aryl methyl sites for hydroxylation is 1. The summed E-state index contributed by atoms with van der Waals surface area (Å²) in [5.41, 5.74) is 1.44. The minimum absolute atomic E-state index is 0.0739. The Balaban J connectivity index is 2.08. The van der Waals surface area contributed by atoms with E-state index in [4.69, 9.17) is 4.74 Å². The summed E-state index contributed by atoms with van der Waals surface area (Å²) < 4.78 is 62.1. The molecule has 0 fully saturated rings. The lowest BCUT2D eigenvalue weighted by Gasteiger charge is -2.25. The number of ether oxygens (including phenoxy) is 1. The molecule has 0 unspecified atom stereocenters. The molecule has 0 amide bonds. The van der Waals surface area contributed by atoms with Crippen molar-refractivity contribution in [3.05, 3.63) is 120 Å². The van der Waals surface area contributed by atoms with Gasteiger partial charge in [0.05, 0.1) is 12.2 Å². The molecule has 7 heteroatoms. The maximum absolute atomic E-state index is 15.2. The second kappa shape index (κ2) is 11.2. The molecule has 0 saturated carbocycles. The first kappa shape index (κ1) is 27.2. The van der Waals surface area contributed by atoms with Crippen LogP contribution in [0.4, 0.5) is 13.2 Å². The Morgan fingerprint density at radius 3 is 2.03 bits per heavy atom. The van der Waals surface area contributed by atoms with Crippen molar-refractivity contribution in [3.8, 4) is 11.1 Å². The Morgan fingerprint density at radius 1 is 0.868 bits per heavy atom. The molecule has 0 spiro atoms. The molecule has 4 rings (SSSR count). The van der Waals surface area contributed by atoms with Crippen LogP contribution in [0.25, 0.3) is 17.2 Å². The number of hydrogen-bond acceptors (Lipinski definition) is 3. The molecule has 4 aromatic rings. The van der Waals surface area contributed by atoms with E-state index in [-0.39, 0.29) is 11.9 Å². The maximum atomic E-state index is 15.2. The number of benzene rings is 4. The molecule has 0 bridgehead atoms. The summed E-state index contributed by atoms with van der Waals surface area (Å²) in [5.74, 6) is -0.535. The zero-order valence-electron chi connectivity index (χ0n) is 20.9. The van der Waals surface area contributed by atoms with E-state index in [1.807, 2.05) is 13.0 Å². The van der Waals surface area contributed by atoms with Gasteiger partial charge in [-0.05, 0) is 54.3 Å². The number of rotatable bonds is 7. The van der Waals surface area contributed by atoms with Crippen molar-refractivity contribution in [2.45, 2.75) is 20.0 Å². The predicted molar refractivity (Wildman–Crippen MR) is 147 cm³/mol. The first-order valence-electron chi connectivity index (χ1n) is 12.0. The lowest BCUT2D eigenvalue weighted by atomic mass is 9.94. The highest BCUT2D eigenvalue weighted by Crippen LogP contribution is 2.47. The first-order chi connectivity index (χ1) is 18.2. The van der Waals surface area contributed by atoms with Gasteiger partial charge < -0.3 is 9.30 Å². The molecule has 0 atom stereocenters. The normalized spacial score (nSPS) is 12.0. The van der Waals surface area contributed by atoms with Gasteiger partial charge in [-0.3, -0.25) is 0 Å². The summed E-state index contributed by atoms with van der Waals surface area (Å²) in [6, 6.07) is 25.9. The third-order valence-electron chi connectivity index (χ3n) is 6.16. The van der Waals surface area contributed by atoms with Crippen molar-refractivity contribution in [2.24, 2.45) is 0 Å². The highest BCUT2D eigenvalue weighted by molar-refractivity contribution is 7.85. The third kappa shape index (κ3) is 5.51. The largest absolute Gasteiger partial charge is 0.463 e. The molecular formula is C31H26F3O3P. The van der Waals surface area contributed by atoms with Crippen LogP contribution < -0.4 is 15.9 Å². The van der Waals surface area contributed by atoms with Gasteiger partial charge in [0.1, 0.15) is 0 Å². The zero-order chi connectivity index (χ0) is 27.3. The minimum Gasteiger partial charge on any atom is -0.463 e. The number of esters is 1. The first-order valence-corrected chi connectivity index (χ1v) is 13.7. The number of halogens is 3. The number of carbonyl (C=O) groups is 1. The average Bonchev–Trinajstić information content (AvgIpc) is 2.92. The standard InChI is InChI=1S/C31H26F3O3P/c1-3-37-29(35)20-17-23-12-10-11-22(2)30(23)27-19-18-24(31(32,33)34)21-28(27)38(36,25-13-6-4-7-14-25)26-15-8-5-9-16-26/h4-21H,3H2,1-2H3/b20-17+. The van der Waals surface area contributed by atoms with Crippen LogP contribution in [-0.4, -0.2) is 12.6 Å². The van der Waals surface area contributed by atoms with Crippen molar-refractivity contribution in [3.63, 3.8) is 0 Å². The summed E-state index contributed by atoms with van der Waals surface area (Å²) in [7, 11) is -3.78. The van der Waals surface area contributed by atoms with Gasteiger partial charge in [-0.1, -0.05) is 84.9 Å². The van der Waals surface area contributed by atoms with Crippen LogP contribution in [0.2, 0.25) is 0 Å². The van der Waals surface area contributed by atoms with Crippen molar-refractivity contribution < 1.29 is 27.3 Å². The lowest BCUT2D eigenvalue weighted by molar-refractivity contribution is -0.138. The quantitative estimate of drug-likeness (QED) is 0.147. The molecule has 0 aromatic heterocycles. The smallest absolute Gasteiger partial charge is 0.416 e. The Morgan fingerprint density at radius 2 is 1.47 bits per heavy atom. The SMILES string of the molecule is CCOC(=O)/C=C/c1cccc(C)c1-c1ccc(C(F)(F)F)cc1P(=O)(c1ccccc1)c1ccccc1. The summed E-state index contributed by atoms with van der Waals surface area (Å²) in [6.45, 7) is 3.74. The van der Waals surface area contributed by atoms with E-state index in [1.165, 1.54) is 12.1 Å². The highest BCUT2D eigenvalue weighted by atomic mass is 31.2. The van der Waals surface area contributed by atoms with Crippen LogP contribution in [0, 0.1) is 6.92 Å². The molecule has 0 aliphatic carbocycles. The van der Waals surface area contributed by atoms with Crippen LogP contribution in [0.3, 0.4) is 0 Å². The molecule has 0 radical (unpaired) electrons. The van der Waals surface area contributed by atoms with Crippen molar-refractivity contribution in [1.82, 2.24) is 0 Å². The summed E-state index contributed by atoms with van der Waals surface area (Å²) >= 11 is 0. The molecular weight excluding hydrogens is 508 g/mol. The van der Waals surface area contributed by atoms with E-state index in [1.54, 1.807) is 85.8 Å². The van der Waals surface area contributed by atoms with Crippen molar-refractivity contribution in [1.29, 1.82) is 0 Å². The van der Waals surface area contributed by atoms with Crippen molar-refractivity contribution >= 4 is 35.1 Å². The van der Waals surface area contributed by atoms with E-state index >= 15 is 4.57 Å². The van der Waals surface area contributed by atoms with Gasteiger partial charge in [0.2, 0.25) is 0 Å². The van der Waals surface area contributed by atoms with Gasteiger partial charge in [-0.25, -0.2) is 4.79 Å². The van der Waals surface area contributed by atoms with Crippen molar-refractivity contribution in [2.75, 3.05) is 6.61 Å². The lowest BCUT2D eigenvalue weighted by Crippen LogP contribution is -2.27. The van der Waals surface area contributed by atoms with Gasteiger partial charge in [0, 0.05) is 22.0 Å². The Kier molecular flexibility index (Phi) is 8.03. The molecule has 0 N–H and O–H groups in total. The molecule has 0 aliphatic heterocycles. The second-order valence-electron chi connectivity index (χ2n) is 8.63. The molecule has 0 saturated heterocycles. The van der Waals surface area contributed by atoms with Gasteiger partial charge in [0.15, 0.2) is 7.14 Å². The molecule has 38 heavy (non-hydrogen) atoms. The van der Waals surface area contributed by atoms with Gasteiger partial charge in [-0.15, -0.1) is 0 Å². The van der Waals surface area contributed by atoms with Crippen LogP contribution in [0.15, 0.2) is 103 Å². The van der Waals surface area contributed by atoms with E-state index in [0.717, 1.165) is 17.7 Å². The summed E-state index contributed by atoms with van der Waals surface area (Å²) in [4.78, 5) is 12.0. The molecule has 3 nitrogen and oxygen atoms in total. The fourth-order valence-electron chi connectivity index (χ4n) is 4.43. The van der Waals surface area contributed by atoms with Crippen LogP contribution in [0.1, 0.15) is 23.6 Å². The van der Waals surface area contributed by atoms with Crippen LogP contribution in [-0.2, 0) is 20.3 Å². The third-order valence-corrected chi connectivity index (χ3v) is 9.26. The number of alkyl halides is 3. The molecule has 4 aromatic carbocycles. The second-order valence-corrected chi connectivity index (χ2v) is 11.4. The summed E-state index contributed by atoms with van der Waals surface area (Å²) in [6.07, 6.45) is -1.79. The van der Waals surface area contributed by atoms with Crippen LogP contribution >= 0.6 is 7.14 Å². The zero-order valence-corrected chi connectivity index (χ0v) is 21.8. The van der Waals surface area contributed by atoms with Crippen LogP contribution in [0.5, 0.6) is 0 Å².